The van der Waals surface area contributed by atoms with Crippen molar-refractivity contribution in [3.05, 3.63) is 29.8 Å². The number of para-hydroxylation sites is 1. The number of hydrogen-bond acceptors (Lipinski definition) is 3. The van der Waals surface area contributed by atoms with Crippen LogP contribution >= 0.6 is 0 Å². The van der Waals surface area contributed by atoms with E-state index in [4.69, 9.17) is 0 Å². The van der Waals surface area contributed by atoms with Crippen LogP contribution in [0.1, 0.15) is 5.56 Å². The summed E-state index contributed by atoms with van der Waals surface area (Å²) < 4.78 is 63.1. The van der Waals surface area contributed by atoms with Crippen LogP contribution in [0.3, 0.4) is 0 Å². The van der Waals surface area contributed by atoms with E-state index >= 15 is 0 Å². The second kappa shape index (κ2) is 5.58. The lowest BCUT2D eigenvalue weighted by molar-refractivity contribution is -0.121. The van der Waals surface area contributed by atoms with E-state index in [1.165, 1.54) is 0 Å². The van der Waals surface area contributed by atoms with Gasteiger partial charge in [-0.2, -0.15) is 26.3 Å². The van der Waals surface area contributed by atoms with Crippen molar-refractivity contribution in [1.82, 2.24) is 10.0 Å². The fraction of sp³-hybridized carbons (Fsp3) is 0.455. The first-order valence-electron chi connectivity index (χ1n) is 5.92. The first-order valence-corrected chi connectivity index (χ1v) is 7.36. The van der Waals surface area contributed by atoms with Gasteiger partial charge in [0.05, 0.1) is 5.69 Å². The maximum absolute atomic E-state index is 12.2. The summed E-state index contributed by atoms with van der Waals surface area (Å²) in [7, 11) is -4.23. The summed E-state index contributed by atoms with van der Waals surface area (Å²) >= 11 is 0. The molecule has 0 fully saturated rings. The summed E-state index contributed by atoms with van der Waals surface area (Å²) in [4.78, 5) is 0. The smallest absolute Gasteiger partial charge is 0.311 e. The van der Waals surface area contributed by atoms with Crippen molar-refractivity contribution in [2.24, 2.45) is 0 Å². The van der Waals surface area contributed by atoms with E-state index in [0.29, 0.717) is 18.8 Å². The van der Waals surface area contributed by atoms with E-state index in [2.05, 4.69) is 5.32 Å². The lowest BCUT2D eigenvalue weighted by Gasteiger charge is -2.24. The number of halogens is 3. The maximum atomic E-state index is 12.2. The molecule has 1 aliphatic heterocycles. The third-order valence-electron chi connectivity index (χ3n) is 2.81. The molecule has 0 aliphatic carbocycles. The zero-order valence-electron chi connectivity index (χ0n) is 10.4. The molecule has 0 aromatic heterocycles. The lowest BCUT2D eigenvalue weighted by atomic mass is 10.2. The van der Waals surface area contributed by atoms with Gasteiger partial charge in [0.15, 0.2) is 0 Å². The zero-order valence-corrected chi connectivity index (χ0v) is 11.3. The van der Waals surface area contributed by atoms with Crippen LogP contribution < -0.4 is 14.3 Å². The number of hydrogen-bond donors (Lipinski definition) is 2. The SMILES string of the molecule is O=S(=O)(NCC(F)(F)F)N1CCNCc2ccccc21. The van der Waals surface area contributed by atoms with Gasteiger partial charge in [0, 0.05) is 19.6 Å². The van der Waals surface area contributed by atoms with Crippen LogP contribution in [0.5, 0.6) is 0 Å². The normalized spacial score (nSPS) is 16.6. The number of benzene rings is 1. The number of nitrogens with one attached hydrogen (secondary N) is 2. The van der Waals surface area contributed by atoms with Crippen LogP contribution in [-0.4, -0.2) is 34.2 Å². The summed E-state index contributed by atoms with van der Waals surface area (Å²) in [6, 6.07) is 6.71. The molecule has 1 aromatic rings. The molecule has 2 rings (SSSR count). The van der Waals surface area contributed by atoms with E-state index in [1.807, 2.05) is 0 Å². The number of rotatable bonds is 3. The summed E-state index contributed by atoms with van der Waals surface area (Å²) in [5.41, 5.74) is 1.12. The molecule has 0 saturated carbocycles. The molecular weight excluding hydrogens is 295 g/mol. The Labute approximate surface area is 115 Å². The highest BCUT2D eigenvalue weighted by molar-refractivity contribution is 7.90. The molecule has 1 aromatic carbocycles. The Kier molecular flexibility index (Phi) is 4.21. The monoisotopic (exact) mass is 309 g/mol. The minimum atomic E-state index is -4.59. The van der Waals surface area contributed by atoms with Crippen LogP contribution in [0.25, 0.3) is 0 Å². The Hall–Kier alpha value is -1.32. The van der Waals surface area contributed by atoms with Crippen molar-refractivity contribution in [2.75, 3.05) is 23.9 Å². The van der Waals surface area contributed by atoms with Crippen molar-refractivity contribution in [1.29, 1.82) is 0 Å². The van der Waals surface area contributed by atoms with Gasteiger partial charge in [0.1, 0.15) is 6.54 Å². The first-order chi connectivity index (χ1) is 9.30. The molecule has 0 radical (unpaired) electrons. The molecule has 0 unspecified atom stereocenters. The lowest BCUT2D eigenvalue weighted by Crippen LogP contribution is -2.45. The van der Waals surface area contributed by atoms with Crippen LogP contribution in [-0.2, 0) is 16.8 Å². The Morgan fingerprint density at radius 3 is 2.70 bits per heavy atom. The Balaban J connectivity index is 2.27. The number of fused-ring (bicyclic) bond motifs is 1. The second-order valence-electron chi connectivity index (χ2n) is 4.32. The highest BCUT2D eigenvalue weighted by Gasteiger charge is 2.32. The quantitative estimate of drug-likeness (QED) is 0.875. The molecule has 0 atom stereocenters. The molecule has 0 bridgehead atoms. The highest BCUT2D eigenvalue weighted by atomic mass is 32.2. The van der Waals surface area contributed by atoms with Gasteiger partial charge in [-0.3, -0.25) is 4.31 Å². The third kappa shape index (κ3) is 3.62. The molecule has 5 nitrogen and oxygen atoms in total. The van der Waals surface area contributed by atoms with Gasteiger partial charge < -0.3 is 5.32 Å². The molecule has 1 heterocycles. The minimum absolute atomic E-state index is 0.0736. The maximum Gasteiger partial charge on any atom is 0.402 e. The Morgan fingerprint density at radius 1 is 1.30 bits per heavy atom. The molecule has 0 saturated heterocycles. The van der Waals surface area contributed by atoms with Crippen LogP contribution in [0.2, 0.25) is 0 Å². The number of anilines is 1. The minimum Gasteiger partial charge on any atom is -0.311 e. The van der Waals surface area contributed by atoms with Gasteiger partial charge in [0.2, 0.25) is 0 Å². The van der Waals surface area contributed by atoms with Crippen molar-refractivity contribution in [2.45, 2.75) is 12.7 Å². The van der Waals surface area contributed by atoms with E-state index in [0.717, 1.165) is 9.87 Å². The van der Waals surface area contributed by atoms with Crippen molar-refractivity contribution < 1.29 is 21.6 Å². The van der Waals surface area contributed by atoms with Gasteiger partial charge in [-0.25, -0.2) is 0 Å². The standard InChI is InChI=1S/C11H14F3N3O2S/c12-11(13,14)8-16-20(18,19)17-6-5-15-7-9-3-1-2-4-10(9)17/h1-4,15-16H,5-8H2. The van der Waals surface area contributed by atoms with E-state index in [-0.39, 0.29) is 6.54 Å². The fourth-order valence-corrected chi connectivity index (χ4v) is 3.20. The summed E-state index contributed by atoms with van der Waals surface area (Å²) in [6.07, 6.45) is -4.59. The molecular formula is C11H14F3N3O2S. The average molecular weight is 309 g/mol. The highest BCUT2D eigenvalue weighted by Crippen LogP contribution is 2.24. The first kappa shape index (κ1) is 15.1. The molecule has 112 valence electrons. The van der Waals surface area contributed by atoms with Gasteiger partial charge >= 0.3 is 16.4 Å². The van der Waals surface area contributed by atoms with Crippen molar-refractivity contribution in [3.63, 3.8) is 0 Å². The predicted molar refractivity (Wildman–Crippen MR) is 68.5 cm³/mol. The van der Waals surface area contributed by atoms with Crippen LogP contribution in [0.15, 0.2) is 24.3 Å². The predicted octanol–water partition coefficient (Wildman–Crippen LogP) is 0.993. The van der Waals surface area contributed by atoms with E-state index < -0.39 is 22.9 Å². The van der Waals surface area contributed by atoms with Crippen LogP contribution in [0.4, 0.5) is 18.9 Å². The zero-order chi connectivity index (χ0) is 14.8. The molecule has 2 N–H and O–H groups in total. The van der Waals surface area contributed by atoms with E-state index in [9.17, 15) is 21.6 Å². The van der Waals surface area contributed by atoms with Crippen LogP contribution in [0, 0.1) is 0 Å². The molecule has 20 heavy (non-hydrogen) atoms. The second-order valence-corrected chi connectivity index (χ2v) is 6.00. The van der Waals surface area contributed by atoms with Gasteiger partial charge in [-0.15, -0.1) is 0 Å². The number of nitrogens with zero attached hydrogens (tertiary/aromatic N) is 1. The van der Waals surface area contributed by atoms with Gasteiger partial charge in [0.25, 0.3) is 0 Å². The van der Waals surface area contributed by atoms with E-state index in [1.54, 1.807) is 29.0 Å². The van der Waals surface area contributed by atoms with Crippen molar-refractivity contribution >= 4 is 15.9 Å². The largest absolute Gasteiger partial charge is 0.402 e. The Morgan fingerprint density at radius 2 is 2.00 bits per heavy atom. The third-order valence-corrected chi connectivity index (χ3v) is 4.28. The topological polar surface area (TPSA) is 61.4 Å². The summed E-state index contributed by atoms with van der Waals surface area (Å²) in [6.45, 7) is -0.672. The van der Waals surface area contributed by atoms with Crippen molar-refractivity contribution in [3.8, 4) is 0 Å². The molecule has 0 amide bonds. The number of alkyl halides is 3. The Bertz CT molecular complexity index is 575. The molecule has 0 spiro atoms. The average Bonchev–Trinajstić information content (AvgIpc) is 2.58. The fourth-order valence-electron chi connectivity index (χ4n) is 1.93. The van der Waals surface area contributed by atoms with Gasteiger partial charge in [-0.1, -0.05) is 18.2 Å². The summed E-state index contributed by atoms with van der Waals surface area (Å²) in [5.74, 6) is 0. The summed E-state index contributed by atoms with van der Waals surface area (Å²) in [5, 5.41) is 3.02. The molecule has 9 heteroatoms. The molecule has 1 aliphatic rings. The van der Waals surface area contributed by atoms with Gasteiger partial charge in [-0.05, 0) is 11.6 Å².